The van der Waals surface area contributed by atoms with Gasteiger partial charge >= 0.3 is 5.97 Å². The number of methoxy groups -OCH3 is 1. The number of hydrogen-bond donors (Lipinski definition) is 1. The Labute approximate surface area is 131 Å². The van der Waals surface area contributed by atoms with Crippen LogP contribution in [0.4, 0.5) is 0 Å². The monoisotopic (exact) mass is 316 g/mol. The summed E-state index contributed by atoms with van der Waals surface area (Å²) < 4.78 is 4.92. The molecule has 1 amide bonds. The van der Waals surface area contributed by atoms with E-state index < -0.39 is 12.1 Å². The highest BCUT2D eigenvalue weighted by Gasteiger charge is 2.70. The van der Waals surface area contributed by atoms with Crippen molar-refractivity contribution in [1.82, 2.24) is 9.74 Å². The van der Waals surface area contributed by atoms with Crippen molar-refractivity contribution in [1.29, 1.82) is 0 Å². The summed E-state index contributed by atoms with van der Waals surface area (Å²) in [6.45, 7) is 10.7. The largest absolute Gasteiger partial charge is 0.467 e. The number of fused-ring (bicyclic) bond motifs is 1. The minimum absolute atomic E-state index is 0.0985. The van der Waals surface area contributed by atoms with Crippen LogP contribution in [0.1, 0.15) is 34.6 Å². The Kier molecular flexibility index (Phi) is 4.04. The standard InChI is InChI=1S/C15H25ClN2O3/c1-14(2,3)11(17-16)12(19)18-7-8-9(15(8,4)5)10(18)13(20)21-6/h8-11,17H,7H2,1-6H3/t8-,9?,10-,11+/m0/s1. The first-order valence-electron chi connectivity index (χ1n) is 7.31. The second kappa shape index (κ2) is 5.13. The molecule has 6 heteroatoms. The van der Waals surface area contributed by atoms with Gasteiger partial charge in [-0.05, 0) is 28.5 Å². The van der Waals surface area contributed by atoms with Gasteiger partial charge in [0.2, 0.25) is 5.91 Å². The highest BCUT2D eigenvalue weighted by atomic mass is 35.5. The number of rotatable bonds is 3. The molecular formula is C15H25ClN2O3. The summed E-state index contributed by atoms with van der Waals surface area (Å²) in [5.41, 5.74) is -0.233. The average Bonchev–Trinajstić information content (AvgIpc) is 2.76. The number of carbonyl (C=O) groups excluding carboxylic acids is 2. The lowest BCUT2D eigenvalue weighted by Crippen LogP contribution is -2.55. The van der Waals surface area contributed by atoms with E-state index in [4.69, 9.17) is 16.5 Å². The van der Waals surface area contributed by atoms with Gasteiger partial charge in [0.1, 0.15) is 12.1 Å². The van der Waals surface area contributed by atoms with Crippen LogP contribution in [0.25, 0.3) is 0 Å². The van der Waals surface area contributed by atoms with Crippen LogP contribution in [0.5, 0.6) is 0 Å². The zero-order valence-electron chi connectivity index (χ0n) is 13.6. The van der Waals surface area contributed by atoms with Gasteiger partial charge in [-0.25, -0.2) is 9.63 Å². The van der Waals surface area contributed by atoms with Crippen molar-refractivity contribution in [2.24, 2.45) is 22.7 Å². The van der Waals surface area contributed by atoms with Crippen LogP contribution in [-0.2, 0) is 14.3 Å². The van der Waals surface area contributed by atoms with Gasteiger partial charge in [0.05, 0.1) is 7.11 Å². The van der Waals surface area contributed by atoms with E-state index in [-0.39, 0.29) is 28.6 Å². The number of likely N-dealkylation sites (tertiary alicyclic amines) is 1. The summed E-state index contributed by atoms with van der Waals surface area (Å²) in [6.07, 6.45) is 0. The van der Waals surface area contributed by atoms with Gasteiger partial charge in [0.25, 0.3) is 0 Å². The minimum atomic E-state index is -0.535. The predicted octanol–water partition coefficient (Wildman–Crippen LogP) is 1.80. The van der Waals surface area contributed by atoms with Crippen molar-refractivity contribution in [3.8, 4) is 0 Å². The maximum Gasteiger partial charge on any atom is 0.328 e. The van der Waals surface area contributed by atoms with E-state index in [9.17, 15) is 9.59 Å². The number of hydrogen-bond acceptors (Lipinski definition) is 4. The highest BCUT2D eigenvalue weighted by Crippen LogP contribution is 2.65. The molecule has 0 aromatic rings. The van der Waals surface area contributed by atoms with Crippen LogP contribution in [0.2, 0.25) is 0 Å². The number of piperidine rings is 1. The van der Waals surface area contributed by atoms with Crippen LogP contribution >= 0.6 is 11.8 Å². The Bertz CT molecular complexity index is 458. The maximum atomic E-state index is 12.8. The lowest BCUT2D eigenvalue weighted by Gasteiger charge is -2.36. The summed E-state index contributed by atoms with van der Waals surface area (Å²) in [7, 11) is 1.37. The first-order chi connectivity index (χ1) is 9.57. The molecule has 0 aromatic heterocycles. The van der Waals surface area contributed by atoms with Gasteiger partial charge < -0.3 is 9.64 Å². The molecule has 2 fully saturated rings. The third kappa shape index (κ3) is 2.55. The van der Waals surface area contributed by atoms with Gasteiger partial charge in [0, 0.05) is 12.5 Å². The number of ether oxygens (including phenoxy) is 1. The molecule has 2 rings (SSSR count). The van der Waals surface area contributed by atoms with E-state index in [0.29, 0.717) is 12.5 Å². The van der Waals surface area contributed by atoms with Crippen molar-refractivity contribution in [2.45, 2.75) is 46.7 Å². The lowest BCUT2D eigenvalue weighted by molar-refractivity contribution is -0.154. The third-order valence-electron chi connectivity index (χ3n) is 5.16. The molecule has 1 aliphatic carbocycles. The topological polar surface area (TPSA) is 58.6 Å². The van der Waals surface area contributed by atoms with Crippen LogP contribution in [0.3, 0.4) is 0 Å². The molecule has 21 heavy (non-hydrogen) atoms. The second-order valence-corrected chi connectivity index (χ2v) is 8.04. The summed E-state index contributed by atoms with van der Waals surface area (Å²) >= 11 is 5.78. The first kappa shape index (κ1) is 16.6. The Morgan fingerprint density at radius 2 is 1.95 bits per heavy atom. The molecule has 2 aliphatic rings. The van der Waals surface area contributed by atoms with Gasteiger partial charge in [0.15, 0.2) is 0 Å². The van der Waals surface area contributed by atoms with Gasteiger partial charge in [-0.2, -0.15) is 0 Å². The summed E-state index contributed by atoms with van der Waals surface area (Å²) in [6, 6.07) is -1.02. The van der Waals surface area contributed by atoms with Crippen LogP contribution < -0.4 is 4.84 Å². The summed E-state index contributed by atoms with van der Waals surface area (Å²) in [5, 5.41) is 0. The summed E-state index contributed by atoms with van der Waals surface area (Å²) in [4.78, 5) is 29.2. The Hall–Kier alpha value is -0.810. The Morgan fingerprint density at radius 1 is 1.38 bits per heavy atom. The number of carbonyl (C=O) groups is 2. The fourth-order valence-electron chi connectivity index (χ4n) is 3.65. The van der Waals surface area contributed by atoms with Crippen molar-refractivity contribution < 1.29 is 14.3 Å². The molecule has 0 bridgehead atoms. The molecular weight excluding hydrogens is 292 g/mol. The number of halogens is 1. The molecule has 1 saturated carbocycles. The van der Waals surface area contributed by atoms with Crippen molar-refractivity contribution in [3.05, 3.63) is 0 Å². The van der Waals surface area contributed by atoms with E-state index in [2.05, 4.69) is 18.7 Å². The fourth-order valence-corrected chi connectivity index (χ4v) is 4.07. The third-order valence-corrected chi connectivity index (χ3v) is 5.37. The number of nitrogens with zero attached hydrogens (tertiary/aromatic N) is 1. The molecule has 1 saturated heterocycles. The predicted molar refractivity (Wildman–Crippen MR) is 80.5 cm³/mol. The van der Waals surface area contributed by atoms with Crippen LogP contribution in [0.15, 0.2) is 0 Å². The number of amides is 1. The van der Waals surface area contributed by atoms with Crippen molar-refractivity contribution >= 4 is 23.7 Å². The maximum absolute atomic E-state index is 12.8. The molecule has 4 atom stereocenters. The number of nitrogens with one attached hydrogen (secondary N) is 1. The molecule has 5 nitrogen and oxygen atoms in total. The van der Waals surface area contributed by atoms with Crippen molar-refractivity contribution in [2.75, 3.05) is 13.7 Å². The van der Waals surface area contributed by atoms with Crippen LogP contribution in [-0.4, -0.2) is 42.5 Å². The van der Waals surface area contributed by atoms with Gasteiger partial charge in [-0.1, -0.05) is 34.6 Å². The molecule has 0 spiro atoms. The zero-order valence-corrected chi connectivity index (χ0v) is 14.3. The molecule has 1 unspecified atom stereocenters. The molecule has 120 valence electrons. The fraction of sp³-hybridized carbons (Fsp3) is 0.867. The highest BCUT2D eigenvalue weighted by molar-refractivity contribution is 6.15. The number of esters is 1. The van der Waals surface area contributed by atoms with E-state index in [0.717, 1.165) is 0 Å². The Balaban J connectivity index is 2.24. The van der Waals surface area contributed by atoms with Crippen LogP contribution in [0, 0.1) is 22.7 Å². The SMILES string of the molecule is COC(=O)[C@@H]1C2[C@H](CN1C(=O)[C@@H](NCl)C(C)(C)C)C2(C)C. The van der Waals surface area contributed by atoms with Gasteiger partial charge in [-0.15, -0.1) is 0 Å². The molecule has 1 heterocycles. The zero-order chi connectivity index (χ0) is 16.2. The van der Waals surface area contributed by atoms with Gasteiger partial charge in [-0.3, -0.25) is 4.79 Å². The van der Waals surface area contributed by atoms with E-state index >= 15 is 0 Å². The first-order valence-corrected chi connectivity index (χ1v) is 7.69. The van der Waals surface area contributed by atoms with E-state index in [1.54, 1.807) is 4.90 Å². The van der Waals surface area contributed by atoms with Crippen molar-refractivity contribution in [3.63, 3.8) is 0 Å². The lowest BCUT2D eigenvalue weighted by atomic mass is 9.86. The normalized spacial score (nSPS) is 31.6. The van der Waals surface area contributed by atoms with E-state index in [1.165, 1.54) is 7.11 Å². The second-order valence-electron chi connectivity index (χ2n) is 7.82. The molecule has 0 radical (unpaired) electrons. The molecule has 0 aromatic carbocycles. The minimum Gasteiger partial charge on any atom is -0.467 e. The van der Waals surface area contributed by atoms with E-state index in [1.807, 2.05) is 20.8 Å². The smallest absolute Gasteiger partial charge is 0.328 e. The molecule has 1 aliphatic heterocycles. The quantitative estimate of drug-likeness (QED) is 0.637. The summed E-state index contributed by atoms with van der Waals surface area (Å²) in [5.74, 6) is 0.0888. The Morgan fingerprint density at radius 3 is 2.38 bits per heavy atom. The molecule has 1 N–H and O–H groups in total. The average molecular weight is 317 g/mol.